The maximum Gasteiger partial charge on any atom is 0.408 e. The number of alkyl carbamates (subject to hydrolysis) is 1. The minimum Gasteiger partial charge on any atom is -0.444 e. The third-order valence-electron chi connectivity index (χ3n) is 6.06. The van der Waals surface area contributed by atoms with E-state index in [1.54, 1.807) is 32.9 Å². The Morgan fingerprint density at radius 3 is 2.16 bits per heavy atom. The largest absolute Gasteiger partial charge is 0.444 e. The van der Waals surface area contributed by atoms with Crippen molar-refractivity contribution < 1.29 is 22.7 Å². The summed E-state index contributed by atoms with van der Waals surface area (Å²) in [5.41, 5.74) is -0.150. The van der Waals surface area contributed by atoms with Crippen molar-refractivity contribution in [3.63, 3.8) is 0 Å². The Bertz CT molecular complexity index is 1200. The van der Waals surface area contributed by atoms with E-state index in [9.17, 15) is 13.6 Å². The fourth-order valence-corrected chi connectivity index (χ4v) is 5.56. The van der Waals surface area contributed by atoms with Gasteiger partial charge in [-0.1, -0.05) is 26.7 Å². The van der Waals surface area contributed by atoms with E-state index in [2.05, 4.69) is 71.9 Å². The van der Waals surface area contributed by atoms with Gasteiger partial charge in [0.25, 0.3) is 0 Å². The second-order valence-corrected chi connectivity index (χ2v) is 17.9. The summed E-state index contributed by atoms with van der Waals surface area (Å²) in [6.45, 7) is 20.0. The molecule has 5 nitrogen and oxygen atoms in total. The highest BCUT2D eigenvalue weighted by Gasteiger charge is 2.41. The Labute approximate surface area is 235 Å². The van der Waals surface area contributed by atoms with Crippen molar-refractivity contribution >= 4 is 30.3 Å². The first kappa shape index (κ1) is 31.9. The average molecular weight is 610 g/mol. The number of benzene rings is 1. The second kappa shape index (κ2) is 11.8. The van der Waals surface area contributed by atoms with Crippen LogP contribution in [0.2, 0.25) is 18.1 Å². The molecule has 0 fully saturated rings. The molecule has 0 saturated heterocycles. The maximum atomic E-state index is 13.9. The molecule has 0 bridgehead atoms. The smallest absolute Gasteiger partial charge is 0.408 e. The van der Waals surface area contributed by atoms with Gasteiger partial charge in [-0.05, 0) is 111 Å². The Kier molecular flexibility index (Phi) is 9.96. The summed E-state index contributed by atoms with van der Waals surface area (Å²) in [4.78, 5) is 17.4. The summed E-state index contributed by atoms with van der Waals surface area (Å²) in [5, 5.41) is 2.83. The fourth-order valence-electron chi connectivity index (χ4n) is 3.43. The summed E-state index contributed by atoms with van der Waals surface area (Å²) in [5.74, 6) is 4.90. The number of hydrogen-bond donors (Lipinski definition) is 1. The van der Waals surface area contributed by atoms with E-state index < -0.39 is 43.3 Å². The summed E-state index contributed by atoms with van der Waals surface area (Å²) in [6, 6.07) is 6.05. The molecule has 208 valence electrons. The molecule has 0 spiro atoms. The van der Waals surface area contributed by atoms with Gasteiger partial charge in [0.2, 0.25) is 0 Å². The van der Waals surface area contributed by atoms with Crippen molar-refractivity contribution in [2.45, 2.75) is 97.2 Å². The highest BCUT2D eigenvalue weighted by atomic mass is 79.9. The summed E-state index contributed by atoms with van der Waals surface area (Å²) < 4.78 is 40.4. The third kappa shape index (κ3) is 9.79. The number of carbonyl (C=O) groups excluding carboxylic acids is 1. The molecule has 1 unspecified atom stereocenters. The summed E-state index contributed by atoms with van der Waals surface area (Å²) >= 11 is 3.51. The van der Waals surface area contributed by atoms with Crippen LogP contribution in [0.3, 0.4) is 0 Å². The van der Waals surface area contributed by atoms with Gasteiger partial charge in [0.15, 0.2) is 8.32 Å². The Balaban J connectivity index is 2.45. The lowest BCUT2D eigenvalue weighted by molar-refractivity contribution is 0.0502. The number of rotatable bonds is 6. The third-order valence-corrected chi connectivity index (χ3v) is 11.4. The van der Waals surface area contributed by atoms with E-state index in [1.165, 1.54) is 12.1 Å². The van der Waals surface area contributed by atoms with Gasteiger partial charge in [0.05, 0.1) is 11.7 Å². The number of hydrogen-bond acceptors (Lipinski definition) is 4. The maximum absolute atomic E-state index is 13.9. The summed E-state index contributed by atoms with van der Waals surface area (Å²) in [6.07, 6.45) is -0.593. The molecule has 1 atom stereocenters. The fraction of sp³-hybridized carbons (Fsp3) is 0.517. The molecule has 0 radical (unpaired) electrons. The minimum absolute atomic E-state index is 0.0337. The number of ether oxygens (including phenoxy) is 1. The molecule has 1 N–H and O–H groups in total. The highest BCUT2D eigenvalue weighted by Crippen LogP contribution is 2.39. The SMILES string of the molecule is CC(C)(C)OC(=O)NC(Cc1cc(F)cc(F)c1)c1nc(C#CC(C)(C)O[Si](C)(C)C(C)(C)C)ccc1Br. The van der Waals surface area contributed by atoms with Crippen LogP contribution in [0.25, 0.3) is 0 Å². The van der Waals surface area contributed by atoms with Crippen LogP contribution in [0.1, 0.15) is 78.4 Å². The Hall–Kier alpha value is -2.28. The summed E-state index contributed by atoms with van der Waals surface area (Å²) in [7, 11) is -2.06. The predicted octanol–water partition coefficient (Wildman–Crippen LogP) is 8.08. The number of halogens is 3. The van der Waals surface area contributed by atoms with Gasteiger partial charge in [0, 0.05) is 10.5 Å². The van der Waals surface area contributed by atoms with Crippen LogP contribution in [0.15, 0.2) is 34.8 Å². The molecule has 2 aromatic rings. The molecule has 38 heavy (non-hydrogen) atoms. The van der Waals surface area contributed by atoms with Gasteiger partial charge in [-0.2, -0.15) is 0 Å². The number of pyridine rings is 1. The van der Waals surface area contributed by atoms with Gasteiger partial charge in [-0.15, -0.1) is 0 Å². The Morgan fingerprint density at radius 2 is 1.63 bits per heavy atom. The van der Waals surface area contributed by atoms with Gasteiger partial charge in [-0.25, -0.2) is 18.6 Å². The lowest BCUT2D eigenvalue weighted by Crippen LogP contribution is -2.47. The van der Waals surface area contributed by atoms with E-state index in [-0.39, 0.29) is 11.5 Å². The number of nitrogens with zero attached hydrogens (tertiary/aromatic N) is 1. The van der Waals surface area contributed by atoms with Crippen molar-refractivity contribution in [1.29, 1.82) is 0 Å². The molecular weight excluding hydrogens is 570 g/mol. The van der Waals surface area contributed by atoms with Crippen LogP contribution >= 0.6 is 15.9 Å². The molecule has 0 aliphatic carbocycles. The van der Waals surface area contributed by atoms with E-state index in [0.29, 0.717) is 21.4 Å². The monoisotopic (exact) mass is 608 g/mol. The van der Waals surface area contributed by atoms with Crippen LogP contribution in [0.5, 0.6) is 0 Å². The van der Waals surface area contributed by atoms with Crippen molar-refractivity contribution in [3.05, 3.63) is 63.4 Å². The molecule has 1 aromatic carbocycles. The zero-order valence-electron chi connectivity index (χ0n) is 24.0. The molecule has 2 rings (SSSR count). The van der Waals surface area contributed by atoms with Crippen LogP contribution in [0.4, 0.5) is 13.6 Å². The minimum atomic E-state index is -2.06. The first-order chi connectivity index (χ1) is 17.2. The lowest BCUT2D eigenvalue weighted by atomic mass is 10.0. The quantitative estimate of drug-likeness (QED) is 0.266. The molecule has 0 saturated carbocycles. The molecule has 1 aromatic heterocycles. The van der Waals surface area contributed by atoms with E-state index >= 15 is 0 Å². The first-order valence-corrected chi connectivity index (χ1v) is 16.2. The van der Waals surface area contributed by atoms with Crippen LogP contribution in [0, 0.1) is 23.5 Å². The van der Waals surface area contributed by atoms with Crippen LogP contribution in [-0.2, 0) is 15.6 Å². The second-order valence-electron chi connectivity index (χ2n) is 12.4. The van der Waals surface area contributed by atoms with Crippen LogP contribution < -0.4 is 5.32 Å². The zero-order chi connectivity index (χ0) is 29.1. The average Bonchev–Trinajstić information content (AvgIpc) is 2.69. The predicted molar refractivity (Wildman–Crippen MR) is 153 cm³/mol. The lowest BCUT2D eigenvalue weighted by Gasteiger charge is -2.40. The molecule has 0 aliphatic rings. The standard InChI is InChI=1S/C29H39BrF2N2O3Si/c1-27(2,3)36-26(35)34-24(17-19-15-20(31)18-21(32)16-19)25-23(30)12-11-22(33-25)13-14-29(7,8)37-38(9,10)28(4,5)6/h11-12,15-16,18,24H,17H2,1-10H3,(H,34,35). The molecular formula is C29H39BrF2N2O3Si. The van der Waals surface area contributed by atoms with E-state index in [0.717, 1.165) is 6.07 Å². The molecule has 1 amide bonds. The van der Waals surface area contributed by atoms with Crippen molar-refractivity contribution in [2.75, 3.05) is 0 Å². The number of nitrogens with one attached hydrogen (secondary N) is 1. The van der Waals surface area contributed by atoms with E-state index in [4.69, 9.17) is 9.16 Å². The zero-order valence-corrected chi connectivity index (χ0v) is 26.6. The van der Waals surface area contributed by atoms with E-state index in [1.807, 2.05) is 13.8 Å². The van der Waals surface area contributed by atoms with Crippen LogP contribution in [-0.4, -0.2) is 30.6 Å². The van der Waals surface area contributed by atoms with Gasteiger partial charge in [-0.3, -0.25) is 0 Å². The Morgan fingerprint density at radius 1 is 1.05 bits per heavy atom. The van der Waals surface area contributed by atoms with Crippen molar-refractivity contribution in [3.8, 4) is 11.8 Å². The van der Waals surface area contributed by atoms with Gasteiger partial charge < -0.3 is 14.5 Å². The number of carbonyl (C=O) groups is 1. The number of aromatic nitrogens is 1. The highest BCUT2D eigenvalue weighted by molar-refractivity contribution is 9.10. The van der Waals surface area contributed by atoms with Crippen molar-refractivity contribution in [1.82, 2.24) is 10.3 Å². The normalized spacial score (nSPS) is 13.4. The molecule has 1 heterocycles. The topological polar surface area (TPSA) is 60.5 Å². The number of amides is 1. The molecule has 9 heteroatoms. The van der Waals surface area contributed by atoms with Gasteiger partial charge >= 0.3 is 6.09 Å². The first-order valence-electron chi connectivity index (χ1n) is 12.5. The molecule has 0 aliphatic heterocycles. The van der Waals surface area contributed by atoms with Crippen molar-refractivity contribution in [2.24, 2.45) is 0 Å². The van der Waals surface area contributed by atoms with Gasteiger partial charge in [0.1, 0.15) is 28.5 Å².